The summed E-state index contributed by atoms with van der Waals surface area (Å²) in [7, 11) is -0.436. The minimum atomic E-state index is -0.436. The number of halogens is 1. The summed E-state index contributed by atoms with van der Waals surface area (Å²) in [4.78, 5) is 0. The number of rotatable bonds is 6. The van der Waals surface area contributed by atoms with Crippen LogP contribution >= 0.6 is 15.9 Å². The van der Waals surface area contributed by atoms with Gasteiger partial charge in [0.15, 0.2) is 0 Å². The molecule has 2 nitrogen and oxygen atoms in total. The summed E-state index contributed by atoms with van der Waals surface area (Å²) >= 11 is 3.55. The quantitative estimate of drug-likeness (QED) is 0.122. The van der Waals surface area contributed by atoms with Crippen molar-refractivity contribution in [3.05, 3.63) is 343 Å². The van der Waals surface area contributed by atoms with Crippen molar-refractivity contribution in [2.45, 2.75) is 64.6 Å². The van der Waals surface area contributed by atoms with Gasteiger partial charge in [-0.3, -0.25) is 0 Å². The summed E-state index contributed by atoms with van der Waals surface area (Å²) in [5.41, 5.74) is 18.5. The SMILES string of the molecule is BrC1=CCCc2ccccc21.C1=C(c2ccc3c(-c4ccc5ccccc5c4)c4ccccc4c(-c4ccc5ccccc5c4)c3c2)c2ccccc2CC1.CC1(C)OB(c2ccc3c(-c4ccc5ccccc5c4)c4ccccc4c(-c4ccc5ccccc5c4)c3c2)OC1(C)C. The summed E-state index contributed by atoms with van der Waals surface area (Å²) < 4.78 is 14.3. The molecule has 0 aromatic heterocycles. The molecule has 16 aromatic carbocycles. The lowest BCUT2D eigenvalue weighted by Crippen LogP contribution is -2.41. The van der Waals surface area contributed by atoms with Gasteiger partial charge < -0.3 is 9.31 Å². The minimum absolute atomic E-state index is 0.409. The van der Waals surface area contributed by atoms with Crippen LogP contribution in [0.2, 0.25) is 0 Å². The Bertz CT molecular complexity index is 5920. The minimum Gasteiger partial charge on any atom is -0.399 e. The summed E-state index contributed by atoms with van der Waals surface area (Å²) in [5.74, 6) is 0. The average molecular weight is 1320 g/mol. The van der Waals surface area contributed by atoms with Crippen LogP contribution in [-0.2, 0) is 22.2 Å². The molecule has 3 aliphatic rings. The molecule has 0 spiro atoms. The van der Waals surface area contributed by atoms with Crippen molar-refractivity contribution >= 4 is 125 Å². The molecule has 1 fully saturated rings. The molecule has 0 N–H and O–H groups in total. The molecule has 1 heterocycles. The van der Waals surface area contributed by atoms with E-state index in [1.807, 2.05) is 0 Å². The lowest BCUT2D eigenvalue weighted by Gasteiger charge is -2.32. The lowest BCUT2D eigenvalue weighted by atomic mass is 9.76. The molecule has 0 atom stereocenters. The Kier molecular flexibility index (Phi) is 15.7. The Morgan fingerprint density at radius 2 is 0.612 bits per heavy atom. The van der Waals surface area contributed by atoms with Crippen LogP contribution in [-0.4, -0.2) is 18.3 Å². The topological polar surface area (TPSA) is 18.5 Å². The molecular formula is C94H72BBrO2. The van der Waals surface area contributed by atoms with Crippen molar-refractivity contribution in [1.29, 1.82) is 0 Å². The van der Waals surface area contributed by atoms with Crippen LogP contribution in [0.4, 0.5) is 0 Å². The van der Waals surface area contributed by atoms with E-state index in [0.717, 1.165) is 24.7 Å². The average Bonchev–Trinajstić information content (AvgIpc) is 0.740. The van der Waals surface area contributed by atoms with E-state index < -0.39 is 18.3 Å². The molecule has 19 rings (SSSR count). The highest BCUT2D eigenvalue weighted by Gasteiger charge is 2.52. The Morgan fingerprint density at radius 1 is 0.286 bits per heavy atom. The fourth-order valence-corrected chi connectivity index (χ4v) is 16.1. The van der Waals surface area contributed by atoms with Crippen molar-refractivity contribution in [3.63, 3.8) is 0 Å². The van der Waals surface area contributed by atoms with Crippen molar-refractivity contribution in [2.24, 2.45) is 0 Å². The second-order valence-electron chi connectivity index (χ2n) is 27.6. The van der Waals surface area contributed by atoms with E-state index in [1.54, 1.807) is 0 Å². The van der Waals surface area contributed by atoms with Crippen molar-refractivity contribution in [3.8, 4) is 44.5 Å². The van der Waals surface area contributed by atoms with Gasteiger partial charge in [-0.05, 0) is 253 Å². The predicted octanol–water partition coefficient (Wildman–Crippen LogP) is 25.3. The highest BCUT2D eigenvalue weighted by atomic mass is 79.9. The maximum atomic E-state index is 6.53. The fourth-order valence-electron chi connectivity index (χ4n) is 15.5. The van der Waals surface area contributed by atoms with Crippen LogP contribution in [0.1, 0.15) is 68.4 Å². The lowest BCUT2D eigenvalue weighted by molar-refractivity contribution is 0.00578. The standard InChI is InChI=1S/C44H30.C40H33BO2.C10H9Br/c1-3-13-32-26-35(22-20-29(32)10-1)43-39-17-7-8-18-40(39)44(36-23-21-30-11-2-4-14-33(30)27-36)42-28-34(24-25-41(42)43)38-19-9-15-31-12-5-6-16-37(31)38;1-39(2)40(3,4)43-41(42-39)32-21-22-35-36(25-32)38(31-20-18-27-12-6-8-14-29(27)24-31)34-16-10-9-15-33(34)37(35)30-19-17-26-11-5-7-13-28(26)23-30;11-10-7-3-5-8-4-1-2-6-9(8)10/h1-8,10-14,16-28H,9,15H2;5-25H,1-4H3;1-2,4,6-7H,3,5H2. The number of hydrogen-bond donors (Lipinski definition) is 0. The van der Waals surface area contributed by atoms with Gasteiger partial charge in [0.1, 0.15) is 0 Å². The molecule has 470 valence electrons. The van der Waals surface area contributed by atoms with Crippen LogP contribution in [0, 0.1) is 0 Å². The largest absolute Gasteiger partial charge is 0.494 e. The van der Waals surface area contributed by atoms with Gasteiger partial charge in [-0.1, -0.05) is 301 Å². The van der Waals surface area contributed by atoms with Gasteiger partial charge >= 0.3 is 7.12 Å². The molecule has 0 bridgehead atoms. The van der Waals surface area contributed by atoms with Gasteiger partial charge in [-0.2, -0.15) is 0 Å². The van der Waals surface area contributed by atoms with E-state index in [1.165, 1.54) is 175 Å². The fraction of sp³-hybridized carbons (Fsp3) is 0.106. The molecule has 0 amide bonds. The number of fused-ring (bicyclic) bond motifs is 10. The zero-order valence-electron chi connectivity index (χ0n) is 55.6. The Hall–Kier alpha value is -10.5. The van der Waals surface area contributed by atoms with E-state index in [-0.39, 0.29) is 0 Å². The second-order valence-corrected chi connectivity index (χ2v) is 28.4. The van der Waals surface area contributed by atoms with Crippen LogP contribution in [0.3, 0.4) is 0 Å². The highest BCUT2D eigenvalue weighted by molar-refractivity contribution is 9.15. The molecule has 1 aliphatic heterocycles. The third kappa shape index (κ3) is 11.1. The molecular weight excluding hydrogens is 1250 g/mol. The number of hydrogen-bond acceptors (Lipinski definition) is 2. The molecule has 4 heteroatoms. The first-order chi connectivity index (χ1) is 48.0. The molecule has 0 radical (unpaired) electrons. The summed E-state index contributed by atoms with van der Waals surface area (Å²) in [6.45, 7) is 8.44. The van der Waals surface area contributed by atoms with E-state index >= 15 is 0 Å². The first-order valence-electron chi connectivity index (χ1n) is 34.5. The molecule has 2 aliphatic carbocycles. The van der Waals surface area contributed by atoms with Crippen molar-refractivity contribution in [1.82, 2.24) is 0 Å². The maximum Gasteiger partial charge on any atom is 0.494 e. The Balaban J connectivity index is 0.000000127. The smallest absolute Gasteiger partial charge is 0.399 e. The summed E-state index contributed by atoms with van der Waals surface area (Å²) in [5, 5.41) is 20.1. The molecule has 0 saturated carbocycles. The third-order valence-electron chi connectivity index (χ3n) is 21.1. The molecule has 0 unspecified atom stereocenters. The zero-order valence-corrected chi connectivity index (χ0v) is 57.2. The highest BCUT2D eigenvalue weighted by Crippen LogP contribution is 2.49. The normalized spacial score (nSPS) is 14.6. The number of benzene rings is 16. The van der Waals surface area contributed by atoms with E-state index in [9.17, 15) is 0 Å². The molecule has 1 saturated heterocycles. The second kappa shape index (κ2) is 25.2. The Labute approximate surface area is 582 Å². The first-order valence-corrected chi connectivity index (χ1v) is 35.3. The van der Waals surface area contributed by atoms with E-state index in [4.69, 9.17) is 9.31 Å². The van der Waals surface area contributed by atoms with Crippen molar-refractivity contribution in [2.75, 3.05) is 0 Å². The van der Waals surface area contributed by atoms with Gasteiger partial charge in [-0.15, -0.1) is 0 Å². The van der Waals surface area contributed by atoms with Crippen molar-refractivity contribution < 1.29 is 9.31 Å². The van der Waals surface area contributed by atoms with Gasteiger partial charge in [-0.25, -0.2) is 0 Å². The summed E-state index contributed by atoms with van der Waals surface area (Å²) in [6.07, 6.45) is 9.20. The van der Waals surface area contributed by atoms with E-state index in [2.05, 4.69) is 359 Å². The van der Waals surface area contributed by atoms with Crippen LogP contribution in [0.15, 0.2) is 315 Å². The maximum absolute atomic E-state index is 6.53. The Morgan fingerprint density at radius 3 is 1.05 bits per heavy atom. The van der Waals surface area contributed by atoms with Gasteiger partial charge in [0.05, 0.1) is 11.2 Å². The van der Waals surface area contributed by atoms with Crippen LogP contribution in [0.25, 0.3) is 141 Å². The first kappa shape index (κ1) is 61.2. The predicted molar refractivity (Wildman–Crippen MR) is 424 cm³/mol. The van der Waals surface area contributed by atoms with Gasteiger partial charge in [0.25, 0.3) is 0 Å². The van der Waals surface area contributed by atoms with Crippen LogP contribution in [0.5, 0.6) is 0 Å². The van der Waals surface area contributed by atoms with Gasteiger partial charge in [0, 0.05) is 4.48 Å². The monoisotopic (exact) mass is 1320 g/mol. The third-order valence-corrected chi connectivity index (χ3v) is 21.9. The molecule has 98 heavy (non-hydrogen) atoms. The van der Waals surface area contributed by atoms with E-state index in [0.29, 0.717) is 0 Å². The van der Waals surface area contributed by atoms with Gasteiger partial charge in [0.2, 0.25) is 0 Å². The number of aryl methyl sites for hydroxylation is 2. The van der Waals surface area contributed by atoms with Crippen LogP contribution < -0.4 is 5.46 Å². The zero-order chi connectivity index (χ0) is 66.1. The molecule has 16 aromatic rings. The number of allylic oxidation sites excluding steroid dienone is 2. The summed E-state index contributed by atoms with van der Waals surface area (Å²) in [6, 6.07) is 111.